The average molecular weight is 317 g/mol. The first-order valence-electron chi connectivity index (χ1n) is 8.48. The molecule has 0 atom stereocenters. The summed E-state index contributed by atoms with van der Waals surface area (Å²) < 4.78 is 6.19. The molecular formula is C22H23NO. The minimum Gasteiger partial charge on any atom is -0.472 e. The van der Waals surface area contributed by atoms with Crippen molar-refractivity contribution < 1.29 is 4.74 Å². The number of aryl methyl sites for hydroxylation is 2. The Labute approximate surface area is 143 Å². The van der Waals surface area contributed by atoms with Crippen molar-refractivity contribution in [3.05, 3.63) is 71.3 Å². The Bertz CT molecular complexity index is 921. The van der Waals surface area contributed by atoms with Gasteiger partial charge in [0.05, 0.1) is 5.54 Å². The second-order valence-corrected chi connectivity index (χ2v) is 7.22. The molecule has 122 valence electrons. The van der Waals surface area contributed by atoms with Crippen LogP contribution in [0.4, 0.5) is 5.69 Å². The highest BCUT2D eigenvalue weighted by molar-refractivity contribution is 5.94. The van der Waals surface area contributed by atoms with Crippen LogP contribution in [0.25, 0.3) is 10.8 Å². The third kappa shape index (κ3) is 2.17. The average Bonchev–Trinajstić information content (AvgIpc) is 2.55. The standard InChI is InChI=1S/C22H23NO/c1-15-12-16(2)21-19(13-15)22(3,4)23(14-24-21)20-11-7-9-17-8-5-6-10-18(17)20/h5-13H,14H2,1-4H3. The molecule has 0 fully saturated rings. The second kappa shape index (κ2) is 5.27. The van der Waals surface area contributed by atoms with E-state index in [1.54, 1.807) is 0 Å². The Kier molecular flexibility index (Phi) is 3.31. The monoisotopic (exact) mass is 317 g/mol. The normalized spacial score (nSPS) is 15.9. The van der Waals surface area contributed by atoms with Gasteiger partial charge in [0.1, 0.15) is 5.75 Å². The first-order chi connectivity index (χ1) is 11.5. The van der Waals surface area contributed by atoms with Crippen LogP contribution in [0, 0.1) is 13.8 Å². The van der Waals surface area contributed by atoms with Gasteiger partial charge in [-0.3, -0.25) is 0 Å². The minimum absolute atomic E-state index is 0.130. The molecule has 0 aliphatic carbocycles. The van der Waals surface area contributed by atoms with Gasteiger partial charge in [-0.25, -0.2) is 0 Å². The molecule has 1 heterocycles. The molecule has 1 aliphatic heterocycles. The lowest BCUT2D eigenvalue weighted by molar-refractivity contribution is 0.235. The number of benzene rings is 3. The number of ether oxygens (including phenoxy) is 1. The topological polar surface area (TPSA) is 12.5 Å². The Morgan fingerprint density at radius 1 is 0.958 bits per heavy atom. The summed E-state index contributed by atoms with van der Waals surface area (Å²) in [6.45, 7) is 9.43. The first kappa shape index (κ1) is 15.1. The van der Waals surface area contributed by atoms with Crippen molar-refractivity contribution >= 4 is 16.5 Å². The van der Waals surface area contributed by atoms with Crippen LogP contribution in [-0.4, -0.2) is 6.73 Å². The van der Waals surface area contributed by atoms with Crippen LogP contribution < -0.4 is 9.64 Å². The molecule has 3 aromatic carbocycles. The number of rotatable bonds is 1. The Hall–Kier alpha value is -2.48. The van der Waals surface area contributed by atoms with Gasteiger partial charge in [0.25, 0.3) is 0 Å². The smallest absolute Gasteiger partial charge is 0.162 e. The van der Waals surface area contributed by atoms with E-state index in [0.29, 0.717) is 6.73 Å². The lowest BCUT2D eigenvalue weighted by Crippen LogP contribution is -2.47. The molecule has 2 heteroatoms. The van der Waals surface area contributed by atoms with E-state index in [9.17, 15) is 0 Å². The maximum atomic E-state index is 6.19. The highest BCUT2D eigenvalue weighted by atomic mass is 16.5. The van der Waals surface area contributed by atoms with Gasteiger partial charge < -0.3 is 9.64 Å². The predicted octanol–water partition coefficient (Wildman–Crippen LogP) is 5.55. The summed E-state index contributed by atoms with van der Waals surface area (Å²) in [5.74, 6) is 1.04. The van der Waals surface area contributed by atoms with Crippen LogP contribution >= 0.6 is 0 Å². The molecule has 2 nitrogen and oxygen atoms in total. The molecule has 0 saturated heterocycles. The fourth-order valence-electron chi connectivity index (χ4n) is 3.85. The summed E-state index contributed by atoms with van der Waals surface area (Å²) in [5, 5.41) is 2.53. The van der Waals surface area contributed by atoms with Crippen molar-refractivity contribution in [2.24, 2.45) is 0 Å². The number of anilines is 1. The van der Waals surface area contributed by atoms with E-state index in [1.807, 2.05) is 0 Å². The van der Waals surface area contributed by atoms with Crippen molar-refractivity contribution in [1.29, 1.82) is 0 Å². The van der Waals surface area contributed by atoms with Crippen molar-refractivity contribution in [3.63, 3.8) is 0 Å². The predicted molar refractivity (Wildman–Crippen MR) is 101 cm³/mol. The maximum Gasteiger partial charge on any atom is 0.162 e. The molecule has 4 rings (SSSR count). The third-order valence-corrected chi connectivity index (χ3v) is 5.15. The number of nitrogens with zero attached hydrogens (tertiary/aromatic N) is 1. The molecule has 0 N–H and O–H groups in total. The van der Waals surface area contributed by atoms with Gasteiger partial charge in [-0.1, -0.05) is 54.1 Å². The molecule has 0 radical (unpaired) electrons. The van der Waals surface area contributed by atoms with Crippen molar-refractivity contribution in [2.75, 3.05) is 11.6 Å². The van der Waals surface area contributed by atoms with E-state index in [-0.39, 0.29) is 5.54 Å². The van der Waals surface area contributed by atoms with Crippen LogP contribution in [0.5, 0.6) is 5.75 Å². The fraction of sp³-hybridized carbons (Fsp3) is 0.273. The lowest BCUT2D eigenvalue weighted by Gasteiger charge is -2.45. The van der Waals surface area contributed by atoms with E-state index in [0.717, 1.165) is 5.75 Å². The van der Waals surface area contributed by atoms with Crippen molar-refractivity contribution in [1.82, 2.24) is 0 Å². The van der Waals surface area contributed by atoms with Crippen LogP contribution in [0.3, 0.4) is 0 Å². The zero-order valence-electron chi connectivity index (χ0n) is 14.8. The third-order valence-electron chi connectivity index (χ3n) is 5.15. The van der Waals surface area contributed by atoms with Gasteiger partial charge in [0, 0.05) is 16.6 Å². The first-order valence-corrected chi connectivity index (χ1v) is 8.48. The van der Waals surface area contributed by atoms with Crippen molar-refractivity contribution in [3.8, 4) is 5.75 Å². The Balaban J connectivity index is 1.91. The molecule has 0 amide bonds. The Morgan fingerprint density at radius 3 is 2.54 bits per heavy atom. The molecule has 1 aliphatic rings. The highest BCUT2D eigenvalue weighted by Crippen LogP contribution is 2.44. The van der Waals surface area contributed by atoms with Gasteiger partial charge in [0.15, 0.2) is 6.73 Å². The quantitative estimate of drug-likeness (QED) is 0.583. The summed E-state index contributed by atoms with van der Waals surface area (Å²) in [6.07, 6.45) is 0. The van der Waals surface area contributed by atoms with Gasteiger partial charge >= 0.3 is 0 Å². The van der Waals surface area contributed by atoms with Crippen LogP contribution in [-0.2, 0) is 5.54 Å². The summed E-state index contributed by atoms with van der Waals surface area (Å²) in [5.41, 5.74) is 4.86. The molecule has 0 spiro atoms. The molecule has 3 aromatic rings. The Morgan fingerprint density at radius 2 is 1.71 bits per heavy atom. The zero-order valence-corrected chi connectivity index (χ0v) is 14.8. The van der Waals surface area contributed by atoms with Crippen LogP contribution in [0.1, 0.15) is 30.5 Å². The number of fused-ring (bicyclic) bond motifs is 2. The van der Waals surface area contributed by atoms with E-state index in [4.69, 9.17) is 4.74 Å². The van der Waals surface area contributed by atoms with E-state index in [1.165, 1.54) is 33.2 Å². The van der Waals surface area contributed by atoms with Crippen LogP contribution in [0.2, 0.25) is 0 Å². The summed E-state index contributed by atoms with van der Waals surface area (Å²) in [4.78, 5) is 2.37. The largest absolute Gasteiger partial charge is 0.472 e. The summed E-state index contributed by atoms with van der Waals surface area (Å²) in [7, 11) is 0. The molecular weight excluding hydrogens is 294 g/mol. The lowest BCUT2D eigenvalue weighted by atomic mass is 9.87. The fourth-order valence-corrected chi connectivity index (χ4v) is 3.85. The van der Waals surface area contributed by atoms with Crippen molar-refractivity contribution in [2.45, 2.75) is 33.2 Å². The highest BCUT2D eigenvalue weighted by Gasteiger charge is 2.37. The number of hydrogen-bond donors (Lipinski definition) is 0. The molecule has 0 aromatic heterocycles. The van der Waals surface area contributed by atoms with Gasteiger partial charge in [-0.15, -0.1) is 0 Å². The number of hydrogen-bond acceptors (Lipinski definition) is 2. The van der Waals surface area contributed by atoms with E-state index >= 15 is 0 Å². The van der Waals surface area contributed by atoms with E-state index in [2.05, 4.69) is 87.2 Å². The summed E-state index contributed by atoms with van der Waals surface area (Å²) >= 11 is 0. The molecule has 0 unspecified atom stereocenters. The molecule has 24 heavy (non-hydrogen) atoms. The van der Waals surface area contributed by atoms with Gasteiger partial charge in [0.2, 0.25) is 0 Å². The minimum atomic E-state index is -0.130. The zero-order chi connectivity index (χ0) is 16.9. The van der Waals surface area contributed by atoms with Gasteiger partial charge in [-0.05, 0) is 44.7 Å². The molecule has 0 saturated carbocycles. The van der Waals surface area contributed by atoms with E-state index < -0.39 is 0 Å². The van der Waals surface area contributed by atoms with Gasteiger partial charge in [-0.2, -0.15) is 0 Å². The maximum absolute atomic E-state index is 6.19. The summed E-state index contributed by atoms with van der Waals surface area (Å²) in [6, 6.07) is 19.5. The second-order valence-electron chi connectivity index (χ2n) is 7.22. The SMILES string of the molecule is Cc1cc(C)c2c(c1)C(C)(C)N(c1cccc3ccccc13)CO2. The molecule has 0 bridgehead atoms. The van der Waals surface area contributed by atoms with Crippen LogP contribution in [0.15, 0.2) is 54.6 Å².